The van der Waals surface area contributed by atoms with Crippen LogP contribution in [-0.2, 0) is 5.75 Å². The van der Waals surface area contributed by atoms with Crippen molar-refractivity contribution in [1.29, 1.82) is 0 Å². The Bertz CT molecular complexity index is 1030. The first kappa shape index (κ1) is 16.2. The summed E-state index contributed by atoms with van der Waals surface area (Å²) < 4.78 is 14.9. The summed E-state index contributed by atoms with van der Waals surface area (Å²) in [7, 11) is 0. The molecule has 4 aromatic rings. The van der Waals surface area contributed by atoms with Gasteiger partial charge in [0.1, 0.15) is 22.1 Å². The molecule has 2 aromatic carbocycles. The van der Waals surface area contributed by atoms with E-state index in [1.807, 2.05) is 43.3 Å². The summed E-state index contributed by atoms with van der Waals surface area (Å²) in [5.74, 6) is 0.298. The maximum Gasteiger partial charge on any atom is 0.146 e. The normalized spacial score (nSPS) is 11.1. The molecular weight excluding hydrogens is 353 g/mol. The molecule has 6 heteroatoms. The number of aryl methyl sites for hydroxylation is 1. The Balaban J connectivity index is 1.73. The van der Waals surface area contributed by atoms with Gasteiger partial charge in [-0.3, -0.25) is 0 Å². The van der Waals surface area contributed by atoms with Gasteiger partial charge in [-0.25, -0.2) is 9.37 Å². The number of fused-ring (bicyclic) bond motifs is 1. The number of thiazole rings is 1. The van der Waals surface area contributed by atoms with Crippen LogP contribution in [0.4, 0.5) is 4.39 Å². The molecule has 0 atom stereocenters. The van der Waals surface area contributed by atoms with E-state index in [1.165, 1.54) is 17.8 Å². The molecule has 0 N–H and O–H groups in total. The number of aromatic nitrogens is 3. The highest BCUT2D eigenvalue weighted by atomic mass is 32.2. The first-order valence-electron chi connectivity index (χ1n) is 7.78. The molecule has 2 heterocycles. The molecule has 0 unspecified atom stereocenters. The van der Waals surface area contributed by atoms with Gasteiger partial charge in [0.15, 0.2) is 0 Å². The Morgan fingerprint density at radius 2 is 1.76 bits per heavy atom. The Labute approximate surface area is 153 Å². The van der Waals surface area contributed by atoms with E-state index in [0.29, 0.717) is 11.3 Å². The van der Waals surface area contributed by atoms with E-state index in [-0.39, 0.29) is 5.82 Å². The molecule has 0 saturated carbocycles. The van der Waals surface area contributed by atoms with Crippen LogP contribution >= 0.6 is 23.1 Å². The van der Waals surface area contributed by atoms with Crippen LogP contribution in [0.2, 0.25) is 0 Å². The lowest BCUT2D eigenvalue weighted by Crippen LogP contribution is -1.93. The largest absolute Gasteiger partial charge is 0.238 e. The third-order valence-corrected chi connectivity index (χ3v) is 5.74. The molecule has 0 fully saturated rings. The van der Waals surface area contributed by atoms with Gasteiger partial charge in [-0.1, -0.05) is 60.3 Å². The van der Waals surface area contributed by atoms with Gasteiger partial charge in [0, 0.05) is 11.3 Å². The fourth-order valence-electron chi connectivity index (χ4n) is 2.56. The summed E-state index contributed by atoms with van der Waals surface area (Å²) in [6.07, 6.45) is 0. The second kappa shape index (κ2) is 6.90. The third-order valence-electron chi connectivity index (χ3n) is 3.76. The van der Waals surface area contributed by atoms with Crippen molar-refractivity contribution in [2.24, 2.45) is 0 Å². The number of thioether (sulfide) groups is 1. The first-order chi connectivity index (χ1) is 12.2. The van der Waals surface area contributed by atoms with Crippen molar-refractivity contribution in [2.45, 2.75) is 17.7 Å². The van der Waals surface area contributed by atoms with E-state index in [1.54, 1.807) is 23.5 Å². The highest BCUT2D eigenvalue weighted by molar-refractivity contribution is 7.98. The number of hydrogen-bond donors (Lipinski definition) is 0. The molecule has 0 amide bonds. The molecule has 4 rings (SSSR count). The number of benzene rings is 2. The minimum absolute atomic E-state index is 0.199. The summed E-state index contributed by atoms with van der Waals surface area (Å²) in [4.78, 5) is 4.64. The minimum Gasteiger partial charge on any atom is -0.238 e. The third kappa shape index (κ3) is 3.27. The molecule has 2 aromatic heterocycles. The second-order valence-electron chi connectivity index (χ2n) is 5.51. The standard InChI is InChI=1S/C19H14FN3S2/c1-12-21-17-18(25-12)16(13-7-3-2-4-8-13)22-23-19(17)24-11-14-9-5-6-10-15(14)20/h2-10H,11H2,1H3. The average molecular weight is 367 g/mol. The van der Waals surface area contributed by atoms with Crippen LogP contribution in [0.15, 0.2) is 59.6 Å². The zero-order valence-corrected chi connectivity index (χ0v) is 15.1. The Morgan fingerprint density at radius 1 is 1.00 bits per heavy atom. The number of halogens is 1. The molecule has 0 saturated heterocycles. The van der Waals surface area contributed by atoms with Crippen molar-refractivity contribution in [2.75, 3.05) is 0 Å². The molecule has 0 aliphatic carbocycles. The quantitative estimate of drug-likeness (QED) is 0.447. The molecular formula is C19H14FN3S2. The number of nitrogens with zero attached hydrogens (tertiary/aromatic N) is 3. The van der Waals surface area contributed by atoms with Gasteiger partial charge in [0.05, 0.1) is 9.71 Å². The molecule has 0 aliphatic heterocycles. The molecule has 25 heavy (non-hydrogen) atoms. The molecule has 0 bridgehead atoms. The summed E-state index contributed by atoms with van der Waals surface area (Å²) in [5, 5.41) is 10.5. The first-order valence-corrected chi connectivity index (χ1v) is 9.58. The van der Waals surface area contributed by atoms with E-state index in [9.17, 15) is 4.39 Å². The molecule has 124 valence electrons. The topological polar surface area (TPSA) is 38.7 Å². The van der Waals surface area contributed by atoms with Crippen molar-refractivity contribution in [1.82, 2.24) is 15.2 Å². The molecule has 3 nitrogen and oxygen atoms in total. The monoisotopic (exact) mass is 367 g/mol. The van der Waals surface area contributed by atoms with Crippen LogP contribution < -0.4 is 0 Å². The summed E-state index contributed by atoms with van der Waals surface area (Å²) in [5.41, 5.74) is 3.37. The van der Waals surface area contributed by atoms with Crippen LogP contribution in [-0.4, -0.2) is 15.2 Å². The molecule has 0 aliphatic rings. The fourth-order valence-corrected chi connectivity index (χ4v) is 4.46. The summed E-state index contributed by atoms with van der Waals surface area (Å²) in [6.45, 7) is 1.98. The van der Waals surface area contributed by atoms with Crippen molar-refractivity contribution >= 4 is 33.3 Å². The van der Waals surface area contributed by atoms with Crippen molar-refractivity contribution < 1.29 is 4.39 Å². The average Bonchev–Trinajstić information content (AvgIpc) is 3.03. The smallest absolute Gasteiger partial charge is 0.146 e. The zero-order valence-electron chi connectivity index (χ0n) is 13.4. The minimum atomic E-state index is -0.199. The van der Waals surface area contributed by atoms with Crippen molar-refractivity contribution in [3.05, 3.63) is 71.0 Å². The predicted octanol–water partition coefficient (Wildman–Crippen LogP) is 5.49. The maximum absolute atomic E-state index is 13.8. The van der Waals surface area contributed by atoms with Crippen molar-refractivity contribution in [3.63, 3.8) is 0 Å². The number of hydrogen-bond acceptors (Lipinski definition) is 5. The van der Waals surface area contributed by atoms with Crippen LogP contribution in [0.25, 0.3) is 21.5 Å². The Morgan fingerprint density at radius 3 is 2.56 bits per heavy atom. The highest BCUT2D eigenvalue weighted by Crippen LogP contribution is 2.36. The zero-order chi connectivity index (χ0) is 17.2. The van der Waals surface area contributed by atoms with E-state index in [2.05, 4.69) is 15.2 Å². The van der Waals surface area contributed by atoms with Gasteiger partial charge in [-0.15, -0.1) is 21.5 Å². The lowest BCUT2D eigenvalue weighted by molar-refractivity contribution is 0.617. The van der Waals surface area contributed by atoms with E-state index in [4.69, 9.17) is 0 Å². The lowest BCUT2D eigenvalue weighted by Gasteiger charge is -2.05. The maximum atomic E-state index is 13.8. The SMILES string of the molecule is Cc1nc2c(SCc3ccccc3F)nnc(-c3ccccc3)c2s1. The van der Waals surface area contributed by atoms with E-state index in [0.717, 1.165) is 31.5 Å². The molecule has 0 spiro atoms. The van der Waals surface area contributed by atoms with Crippen molar-refractivity contribution in [3.8, 4) is 11.3 Å². The fraction of sp³-hybridized carbons (Fsp3) is 0.105. The van der Waals surface area contributed by atoms with Gasteiger partial charge in [-0.05, 0) is 18.6 Å². The number of rotatable bonds is 4. The van der Waals surface area contributed by atoms with Gasteiger partial charge in [0.25, 0.3) is 0 Å². The molecule has 0 radical (unpaired) electrons. The summed E-state index contributed by atoms with van der Waals surface area (Å²) in [6, 6.07) is 16.8. The van der Waals surface area contributed by atoms with Crippen LogP contribution in [0.3, 0.4) is 0 Å². The predicted molar refractivity (Wildman–Crippen MR) is 101 cm³/mol. The van der Waals surface area contributed by atoms with Gasteiger partial charge in [0.2, 0.25) is 0 Å². The van der Waals surface area contributed by atoms with Crippen LogP contribution in [0.1, 0.15) is 10.6 Å². The Kier molecular flexibility index (Phi) is 4.46. The Hall–Kier alpha value is -2.31. The van der Waals surface area contributed by atoms with Crippen LogP contribution in [0, 0.1) is 12.7 Å². The van der Waals surface area contributed by atoms with Gasteiger partial charge >= 0.3 is 0 Å². The second-order valence-corrected chi connectivity index (χ2v) is 7.68. The van der Waals surface area contributed by atoms with Gasteiger partial charge < -0.3 is 0 Å². The van der Waals surface area contributed by atoms with Gasteiger partial charge in [-0.2, -0.15) is 0 Å². The highest BCUT2D eigenvalue weighted by Gasteiger charge is 2.16. The van der Waals surface area contributed by atoms with Crippen LogP contribution in [0.5, 0.6) is 0 Å². The van der Waals surface area contributed by atoms with E-state index >= 15 is 0 Å². The summed E-state index contributed by atoms with van der Waals surface area (Å²) >= 11 is 3.08. The lowest BCUT2D eigenvalue weighted by atomic mass is 10.1. The van der Waals surface area contributed by atoms with E-state index < -0.39 is 0 Å².